The summed E-state index contributed by atoms with van der Waals surface area (Å²) in [5.74, 6) is 0. The average Bonchev–Trinajstić information content (AvgIpc) is 2.34. The summed E-state index contributed by atoms with van der Waals surface area (Å²) in [4.78, 5) is 0.987. The number of benzene rings is 1. The predicted molar refractivity (Wildman–Crippen MR) is 78.8 cm³/mol. The molecule has 1 aliphatic rings. The zero-order valence-electron chi connectivity index (χ0n) is 10.6. The topological polar surface area (TPSA) is 12.0 Å². The summed E-state index contributed by atoms with van der Waals surface area (Å²) in [6.07, 6.45) is 8.60. The van der Waals surface area contributed by atoms with Crippen LogP contribution in [-0.2, 0) is 12.8 Å². The standard InChI is InChI=1S/C15H21NS/c1-2-3-4-5-6-12-7-8-13-9-10-15(17)16-14(13)11-12/h7-8,11H,2-6,9-10H2,1H3,(H,16,17). The molecule has 0 radical (unpaired) electrons. The van der Waals surface area contributed by atoms with Crippen molar-refractivity contribution < 1.29 is 0 Å². The summed E-state index contributed by atoms with van der Waals surface area (Å²) in [7, 11) is 0. The number of unbranched alkanes of at least 4 members (excludes halogenated alkanes) is 3. The van der Waals surface area contributed by atoms with E-state index in [2.05, 4.69) is 30.4 Å². The number of thiocarbonyl (C=S) groups is 1. The zero-order valence-corrected chi connectivity index (χ0v) is 11.4. The number of rotatable bonds is 5. The van der Waals surface area contributed by atoms with Crippen LogP contribution in [0.1, 0.15) is 50.2 Å². The number of hydrogen-bond acceptors (Lipinski definition) is 1. The van der Waals surface area contributed by atoms with Crippen LogP contribution in [0.3, 0.4) is 0 Å². The smallest absolute Gasteiger partial charge is 0.0800 e. The monoisotopic (exact) mass is 247 g/mol. The minimum absolute atomic E-state index is 0.987. The molecule has 0 spiro atoms. The molecule has 0 amide bonds. The van der Waals surface area contributed by atoms with Gasteiger partial charge in [-0.25, -0.2) is 0 Å². The van der Waals surface area contributed by atoms with Gasteiger partial charge in [-0.2, -0.15) is 0 Å². The Morgan fingerprint density at radius 2 is 2.06 bits per heavy atom. The number of aryl methyl sites for hydroxylation is 2. The van der Waals surface area contributed by atoms with Crippen LogP contribution in [0.5, 0.6) is 0 Å². The van der Waals surface area contributed by atoms with Crippen LogP contribution < -0.4 is 5.32 Å². The highest BCUT2D eigenvalue weighted by molar-refractivity contribution is 7.80. The molecule has 0 saturated heterocycles. The Hall–Kier alpha value is -0.890. The SMILES string of the molecule is CCCCCCc1ccc2c(c1)NC(=S)CC2. The van der Waals surface area contributed by atoms with Crippen LogP contribution in [0.25, 0.3) is 0 Å². The fourth-order valence-electron chi connectivity index (χ4n) is 2.33. The van der Waals surface area contributed by atoms with E-state index < -0.39 is 0 Å². The van der Waals surface area contributed by atoms with E-state index in [1.165, 1.54) is 48.9 Å². The molecule has 17 heavy (non-hydrogen) atoms. The van der Waals surface area contributed by atoms with Gasteiger partial charge >= 0.3 is 0 Å². The molecule has 0 fully saturated rings. The first-order chi connectivity index (χ1) is 8.29. The first-order valence-electron chi connectivity index (χ1n) is 6.71. The lowest BCUT2D eigenvalue weighted by molar-refractivity contribution is 0.667. The number of hydrogen-bond donors (Lipinski definition) is 1. The second-order valence-corrected chi connectivity index (χ2v) is 5.34. The van der Waals surface area contributed by atoms with Gasteiger partial charge in [0, 0.05) is 12.1 Å². The van der Waals surface area contributed by atoms with Crippen LogP contribution in [0.2, 0.25) is 0 Å². The summed E-state index contributed by atoms with van der Waals surface area (Å²) < 4.78 is 0. The van der Waals surface area contributed by atoms with Crippen LogP contribution in [-0.4, -0.2) is 4.99 Å². The molecule has 1 nitrogen and oxygen atoms in total. The molecule has 92 valence electrons. The maximum atomic E-state index is 5.24. The molecule has 0 aromatic heterocycles. The summed E-state index contributed by atoms with van der Waals surface area (Å²) in [5.41, 5.74) is 4.10. The van der Waals surface area contributed by atoms with Crippen molar-refractivity contribution in [3.05, 3.63) is 29.3 Å². The van der Waals surface area contributed by atoms with Crippen LogP contribution >= 0.6 is 12.2 Å². The van der Waals surface area contributed by atoms with Crippen LogP contribution in [0.4, 0.5) is 5.69 Å². The number of nitrogens with one attached hydrogen (secondary N) is 1. The first kappa shape index (κ1) is 12.6. The fourth-order valence-corrected chi connectivity index (χ4v) is 2.54. The van der Waals surface area contributed by atoms with Gasteiger partial charge in [-0.3, -0.25) is 0 Å². The molecule has 2 heteroatoms. The van der Waals surface area contributed by atoms with Crippen molar-refractivity contribution >= 4 is 22.9 Å². The molecule has 1 N–H and O–H groups in total. The Labute approximate surface area is 110 Å². The second-order valence-electron chi connectivity index (χ2n) is 4.85. The summed E-state index contributed by atoms with van der Waals surface area (Å²) in [6, 6.07) is 6.83. The summed E-state index contributed by atoms with van der Waals surface area (Å²) in [5, 5.41) is 3.33. The van der Waals surface area contributed by atoms with E-state index in [1.807, 2.05) is 0 Å². The molecule has 1 heterocycles. The van der Waals surface area contributed by atoms with Gasteiger partial charge in [0.05, 0.1) is 4.99 Å². The normalized spacial score (nSPS) is 14.3. The lowest BCUT2D eigenvalue weighted by atomic mass is 9.98. The maximum Gasteiger partial charge on any atom is 0.0800 e. The van der Waals surface area contributed by atoms with Gasteiger partial charge in [-0.15, -0.1) is 0 Å². The molecule has 0 bridgehead atoms. The van der Waals surface area contributed by atoms with Crippen molar-refractivity contribution in [2.75, 3.05) is 5.32 Å². The zero-order chi connectivity index (χ0) is 12.1. The van der Waals surface area contributed by atoms with Crippen molar-refractivity contribution in [2.24, 2.45) is 0 Å². The highest BCUT2D eigenvalue weighted by Crippen LogP contribution is 2.25. The quantitative estimate of drug-likeness (QED) is 0.607. The lowest BCUT2D eigenvalue weighted by Crippen LogP contribution is -2.17. The van der Waals surface area contributed by atoms with E-state index in [4.69, 9.17) is 12.2 Å². The maximum absolute atomic E-state index is 5.24. The van der Waals surface area contributed by atoms with E-state index >= 15 is 0 Å². The molecule has 0 atom stereocenters. The van der Waals surface area contributed by atoms with Gasteiger partial charge in [0.25, 0.3) is 0 Å². The van der Waals surface area contributed by atoms with Gasteiger partial charge in [-0.05, 0) is 36.5 Å². The Morgan fingerprint density at radius 3 is 2.88 bits per heavy atom. The van der Waals surface area contributed by atoms with E-state index in [0.29, 0.717) is 0 Å². The van der Waals surface area contributed by atoms with E-state index in [9.17, 15) is 0 Å². The van der Waals surface area contributed by atoms with Gasteiger partial charge in [0.1, 0.15) is 0 Å². The summed E-state index contributed by atoms with van der Waals surface area (Å²) in [6.45, 7) is 2.25. The third kappa shape index (κ3) is 3.53. The number of anilines is 1. The molecule has 1 aromatic rings. The highest BCUT2D eigenvalue weighted by Gasteiger charge is 2.11. The molecule has 0 saturated carbocycles. The minimum atomic E-state index is 0.987. The molecular formula is C15H21NS. The van der Waals surface area contributed by atoms with Gasteiger partial charge in [-0.1, -0.05) is 50.5 Å². The van der Waals surface area contributed by atoms with E-state index in [0.717, 1.165) is 17.8 Å². The molecule has 0 aliphatic carbocycles. The Kier molecular flexibility index (Phi) is 4.55. The van der Waals surface area contributed by atoms with E-state index in [-0.39, 0.29) is 0 Å². The Bertz CT molecular complexity index is 398. The molecule has 0 unspecified atom stereocenters. The molecule has 1 aliphatic heterocycles. The van der Waals surface area contributed by atoms with Crippen molar-refractivity contribution in [1.82, 2.24) is 0 Å². The average molecular weight is 247 g/mol. The van der Waals surface area contributed by atoms with Gasteiger partial charge < -0.3 is 5.32 Å². The van der Waals surface area contributed by atoms with Gasteiger partial charge in [0.2, 0.25) is 0 Å². The molecular weight excluding hydrogens is 226 g/mol. The van der Waals surface area contributed by atoms with Crippen molar-refractivity contribution in [2.45, 2.75) is 51.9 Å². The van der Waals surface area contributed by atoms with Crippen molar-refractivity contribution in [3.8, 4) is 0 Å². The highest BCUT2D eigenvalue weighted by atomic mass is 32.1. The molecule has 2 rings (SSSR count). The first-order valence-corrected chi connectivity index (χ1v) is 7.12. The van der Waals surface area contributed by atoms with E-state index in [1.54, 1.807) is 0 Å². The van der Waals surface area contributed by atoms with Crippen molar-refractivity contribution in [3.63, 3.8) is 0 Å². The third-order valence-electron chi connectivity index (χ3n) is 3.39. The summed E-state index contributed by atoms with van der Waals surface area (Å²) >= 11 is 5.24. The fraction of sp³-hybridized carbons (Fsp3) is 0.533. The Balaban J connectivity index is 1.95. The third-order valence-corrected chi connectivity index (χ3v) is 3.69. The minimum Gasteiger partial charge on any atom is -0.350 e. The Morgan fingerprint density at radius 1 is 1.18 bits per heavy atom. The van der Waals surface area contributed by atoms with Crippen LogP contribution in [0.15, 0.2) is 18.2 Å². The van der Waals surface area contributed by atoms with Crippen molar-refractivity contribution in [1.29, 1.82) is 0 Å². The predicted octanol–water partition coefficient (Wildman–Crippen LogP) is 4.49. The van der Waals surface area contributed by atoms with Crippen LogP contribution in [0, 0.1) is 0 Å². The molecule has 1 aromatic carbocycles. The largest absolute Gasteiger partial charge is 0.350 e. The van der Waals surface area contributed by atoms with Gasteiger partial charge in [0.15, 0.2) is 0 Å². The number of fused-ring (bicyclic) bond motifs is 1. The lowest BCUT2D eigenvalue weighted by Gasteiger charge is -2.19. The second kappa shape index (κ2) is 6.15.